The summed E-state index contributed by atoms with van der Waals surface area (Å²) in [6.45, 7) is 0. The maximum absolute atomic E-state index is 12.9. The molecule has 1 amide bonds. The molecule has 142 valence electrons. The normalized spacial score (nSPS) is 27.5. The van der Waals surface area contributed by atoms with Gasteiger partial charge in [0.25, 0.3) is 5.91 Å². The number of rotatable bonds is 3. The lowest BCUT2D eigenvalue weighted by atomic mass is 9.67. The van der Waals surface area contributed by atoms with E-state index < -0.39 is 0 Å². The lowest BCUT2D eigenvalue weighted by Crippen LogP contribution is -2.53. The fourth-order valence-electron chi connectivity index (χ4n) is 4.21. The van der Waals surface area contributed by atoms with Crippen molar-refractivity contribution in [1.82, 2.24) is 10.3 Å². The van der Waals surface area contributed by atoms with Crippen molar-refractivity contribution in [2.45, 2.75) is 44.2 Å². The number of carbonyl (C=O) groups is 1. The van der Waals surface area contributed by atoms with Crippen LogP contribution in [0.15, 0.2) is 16.7 Å². The SMILES string of the molecule is CN(C)c1ncc(Br)cc1C(=O)NC1C2CCCC1CC(N)C2.Cl.Cl. The Morgan fingerprint density at radius 1 is 1.28 bits per heavy atom. The average molecular weight is 454 g/mol. The Bertz CT molecular complexity index is 588. The van der Waals surface area contributed by atoms with Crippen LogP contribution in [0.1, 0.15) is 42.5 Å². The first-order valence-electron chi connectivity index (χ1n) is 8.35. The molecule has 0 saturated heterocycles. The average Bonchev–Trinajstić information content (AvgIpc) is 2.47. The summed E-state index contributed by atoms with van der Waals surface area (Å²) in [6, 6.07) is 2.40. The van der Waals surface area contributed by atoms with Gasteiger partial charge in [-0.05, 0) is 59.5 Å². The Labute approximate surface area is 170 Å². The number of pyridine rings is 1. The molecule has 5 nitrogen and oxygen atoms in total. The van der Waals surface area contributed by atoms with E-state index in [1.54, 1.807) is 6.20 Å². The number of nitrogens with one attached hydrogen (secondary N) is 1. The minimum atomic E-state index is -0.0279. The number of fused-ring (bicyclic) bond motifs is 2. The summed E-state index contributed by atoms with van der Waals surface area (Å²) in [7, 11) is 3.81. The summed E-state index contributed by atoms with van der Waals surface area (Å²) < 4.78 is 0.819. The van der Waals surface area contributed by atoms with Crippen LogP contribution in [0.25, 0.3) is 0 Å². The molecule has 0 aromatic carbocycles. The van der Waals surface area contributed by atoms with Crippen molar-refractivity contribution in [3.63, 3.8) is 0 Å². The van der Waals surface area contributed by atoms with Crippen LogP contribution in [0, 0.1) is 11.8 Å². The Hall–Kier alpha value is -0.560. The van der Waals surface area contributed by atoms with Crippen LogP contribution in [0.5, 0.6) is 0 Å². The third kappa shape index (κ3) is 5.00. The van der Waals surface area contributed by atoms with Crippen molar-refractivity contribution in [2.75, 3.05) is 19.0 Å². The molecule has 0 radical (unpaired) electrons. The molecule has 2 unspecified atom stereocenters. The van der Waals surface area contributed by atoms with E-state index in [0.29, 0.717) is 29.3 Å². The van der Waals surface area contributed by atoms with Gasteiger partial charge in [-0.25, -0.2) is 4.98 Å². The largest absolute Gasteiger partial charge is 0.362 e. The number of nitrogens with zero attached hydrogens (tertiary/aromatic N) is 2. The minimum absolute atomic E-state index is 0. The zero-order valence-electron chi connectivity index (χ0n) is 14.6. The van der Waals surface area contributed by atoms with Crippen molar-refractivity contribution < 1.29 is 4.79 Å². The Balaban J connectivity index is 0.00000156. The highest BCUT2D eigenvalue weighted by Crippen LogP contribution is 2.39. The van der Waals surface area contributed by atoms with Gasteiger partial charge in [-0.2, -0.15) is 0 Å². The molecule has 1 heterocycles. The molecule has 2 aliphatic rings. The first-order valence-corrected chi connectivity index (χ1v) is 9.14. The standard InChI is InChI=1S/C17H25BrN4O.2ClH/c1-22(2)16-14(8-12(18)9-20-16)17(23)21-15-10-4-3-5-11(15)7-13(19)6-10;;/h8-11,13,15H,3-7,19H2,1-2H3,(H,21,23);2*1H. The van der Waals surface area contributed by atoms with E-state index in [1.165, 1.54) is 19.3 Å². The highest BCUT2D eigenvalue weighted by Gasteiger charge is 2.40. The number of amides is 1. The predicted molar refractivity (Wildman–Crippen MR) is 110 cm³/mol. The Kier molecular flexibility index (Phi) is 8.45. The molecule has 3 rings (SSSR count). The van der Waals surface area contributed by atoms with Crippen LogP contribution < -0.4 is 16.0 Å². The molecule has 1 aromatic rings. The van der Waals surface area contributed by atoms with Crippen LogP contribution in [0.2, 0.25) is 0 Å². The van der Waals surface area contributed by atoms with Crippen LogP contribution >= 0.6 is 40.7 Å². The second kappa shape index (κ2) is 9.40. The van der Waals surface area contributed by atoms with Crippen molar-refractivity contribution in [3.8, 4) is 0 Å². The molecule has 2 fully saturated rings. The van der Waals surface area contributed by atoms with Gasteiger partial charge in [-0.3, -0.25) is 4.79 Å². The first-order chi connectivity index (χ1) is 11.0. The highest BCUT2D eigenvalue weighted by molar-refractivity contribution is 9.10. The quantitative estimate of drug-likeness (QED) is 0.735. The van der Waals surface area contributed by atoms with Gasteiger partial charge in [0.2, 0.25) is 0 Å². The minimum Gasteiger partial charge on any atom is -0.362 e. The summed E-state index contributed by atoms with van der Waals surface area (Å²) >= 11 is 3.42. The number of aromatic nitrogens is 1. The van der Waals surface area contributed by atoms with Crippen LogP contribution in [0.3, 0.4) is 0 Å². The first kappa shape index (κ1) is 22.5. The molecule has 25 heavy (non-hydrogen) atoms. The molecule has 8 heteroatoms. The zero-order valence-corrected chi connectivity index (χ0v) is 17.8. The van der Waals surface area contributed by atoms with Crippen LogP contribution in [-0.2, 0) is 0 Å². The van der Waals surface area contributed by atoms with Crippen LogP contribution in [0.4, 0.5) is 5.82 Å². The third-order valence-corrected chi connectivity index (χ3v) is 5.61. The predicted octanol–water partition coefficient (Wildman–Crippen LogP) is 3.39. The molecule has 1 aromatic heterocycles. The summed E-state index contributed by atoms with van der Waals surface area (Å²) in [5.74, 6) is 1.71. The smallest absolute Gasteiger partial charge is 0.255 e. The van der Waals surface area contributed by atoms with Gasteiger partial charge in [0.05, 0.1) is 5.56 Å². The highest BCUT2D eigenvalue weighted by atomic mass is 79.9. The molecular formula is C17H27BrCl2N4O. The number of carbonyl (C=O) groups excluding carboxylic acids is 1. The molecule has 0 aliphatic heterocycles. The van der Waals surface area contributed by atoms with E-state index in [1.807, 2.05) is 25.1 Å². The van der Waals surface area contributed by atoms with Crippen molar-refractivity contribution in [2.24, 2.45) is 17.6 Å². The number of nitrogens with two attached hydrogens (primary N) is 1. The van der Waals surface area contributed by atoms with Gasteiger partial charge in [0.1, 0.15) is 5.82 Å². The fraction of sp³-hybridized carbons (Fsp3) is 0.647. The summed E-state index contributed by atoms with van der Waals surface area (Å²) in [6.07, 6.45) is 7.38. The number of halogens is 3. The van der Waals surface area contributed by atoms with E-state index in [4.69, 9.17) is 5.73 Å². The van der Waals surface area contributed by atoms with E-state index in [9.17, 15) is 4.79 Å². The van der Waals surface area contributed by atoms with E-state index in [-0.39, 0.29) is 36.8 Å². The maximum atomic E-state index is 12.9. The van der Waals surface area contributed by atoms with Gasteiger partial charge in [-0.1, -0.05) is 6.42 Å². The van der Waals surface area contributed by atoms with E-state index in [0.717, 1.165) is 17.3 Å². The monoisotopic (exact) mass is 452 g/mol. The van der Waals surface area contributed by atoms with Crippen molar-refractivity contribution >= 4 is 52.5 Å². The summed E-state index contributed by atoms with van der Waals surface area (Å²) in [4.78, 5) is 19.1. The molecule has 2 bridgehead atoms. The lowest BCUT2D eigenvalue weighted by molar-refractivity contribution is 0.0756. The zero-order chi connectivity index (χ0) is 16.6. The molecule has 2 saturated carbocycles. The second-order valence-corrected chi connectivity index (χ2v) is 8.02. The van der Waals surface area contributed by atoms with E-state index >= 15 is 0 Å². The van der Waals surface area contributed by atoms with Gasteiger partial charge in [0.15, 0.2) is 0 Å². The fourth-order valence-corrected chi connectivity index (χ4v) is 4.54. The maximum Gasteiger partial charge on any atom is 0.255 e. The second-order valence-electron chi connectivity index (χ2n) is 7.10. The summed E-state index contributed by atoms with van der Waals surface area (Å²) in [5, 5.41) is 3.30. The van der Waals surface area contributed by atoms with Gasteiger partial charge in [0, 0.05) is 36.8 Å². The molecule has 2 atom stereocenters. The molecular weight excluding hydrogens is 427 g/mol. The lowest BCUT2D eigenvalue weighted by Gasteiger charge is -2.45. The van der Waals surface area contributed by atoms with Crippen molar-refractivity contribution in [3.05, 3.63) is 22.3 Å². The number of hydrogen-bond donors (Lipinski definition) is 2. The van der Waals surface area contributed by atoms with E-state index in [2.05, 4.69) is 26.2 Å². The Morgan fingerprint density at radius 2 is 1.88 bits per heavy atom. The Morgan fingerprint density at radius 3 is 2.44 bits per heavy atom. The van der Waals surface area contributed by atoms with Crippen LogP contribution in [-0.4, -0.2) is 37.1 Å². The van der Waals surface area contributed by atoms with Gasteiger partial charge >= 0.3 is 0 Å². The molecule has 3 N–H and O–H groups in total. The number of anilines is 1. The van der Waals surface area contributed by atoms with Gasteiger partial charge in [-0.15, -0.1) is 24.8 Å². The summed E-state index contributed by atoms with van der Waals surface area (Å²) in [5.41, 5.74) is 6.80. The molecule has 0 spiro atoms. The molecule has 2 aliphatic carbocycles. The topological polar surface area (TPSA) is 71.2 Å². The number of hydrogen-bond acceptors (Lipinski definition) is 4. The third-order valence-electron chi connectivity index (χ3n) is 5.18. The van der Waals surface area contributed by atoms with Crippen molar-refractivity contribution in [1.29, 1.82) is 0 Å². The van der Waals surface area contributed by atoms with Gasteiger partial charge < -0.3 is 16.0 Å².